The van der Waals surface area contributed by atoms with E-state index in [1.54, 1.807) is 6.92 Å². The maximum absolute atomic E-state index is 11.0. The molecule has 1 radical (unpaired) electrons. The third-order valence-electron chi connectivity index (χ3n) is 1.72. The van der Waals surface area contributed by atoms with E-state index >= 15 is 0 Å². The molecule has 57 valence electrons. The summed E-state index contributed by atoms with van der Waals surface area (Å²) < 4.78 is 3.85. The van der Waals surface area contributed by atoms with E-state index < -0.39 is 0 Å². The van der Waals surface area contributed by atoms with E-state index in [2.05, 4.69) is 3.92 Å². The molecule has 0 aromatic rings. The molecule has 0 bridgehead atoms. The zero-order valence-electron chi connectivity index (χ0n) is 6.71. The zero-order valence-corrected chi connectivity index (χ0v) is 8.42. The Morgan fingerprint density at radius 3 is 2.10 bits per heavy atom. The molecule has 0 fully saturated rings. The van der Waals surface area contributed by atoms with E-state index in [-0.39, 0.29) is 5.91 Å². The second-order valence-corrected chi connectivity index (χ2v) is 5.14. The minimum atomic E-state index is 0.209. The predicted octanol–water partition coefficient (Wildman–Crippen LogP) is -0.739. The van der Waals surface area contributed by atoms with Crippen LogP contribution in [0.15, 0.2) is 0 Å². The Morgan fingerprint density at radius 1 is 1.60 bits per heavy atom. The van der Waals surface area contributed by atoms with Crippen LogP contribution in [-0.4, -0.2) is 54.9 Å². The van der Waals surface area contributed by atoms with E-state index in [0.717, 1.165) is 0 Å². The molecule has 3 nitrogen and oxygen atoms in total. The summed E-state index contributed by atoms with van der Waals surface area (Å²) in [6, 6.07) is 0. The van der Waals surface area contributed by atoms with Gasteiger partial charge in [-0.2, -0.15) is 0 Å². The molecule has 4 heteroatoms. The molecule has 0 saturated carbocycles. The van der Waals surface area contributed by atoms with Gasteiger partial charge in [-0.15, -0.1) is 0 Å². The quantitative estimate of drug-likeness (QED) is 0.417. The number of hydrogen-bond donors (Lipinski definition) is 0. The summed E-state index contributed by atoms with van der Waals surface area (Å²) in [7, 11) is 5.89. The summed E-state index contributed by atoms with van der Waals surface area (Å²) in [6.45, 7) is 1.63. The molecule has 0 aliphatic carbocycles. The number of carbonyl (C=O) groups excluding carboxylic acids is 1. The molecule has 1 rings (SSSR count). The van der Waals surface area contributed by atoms with Crippen molar-refractivity contribution in [2.45, 2.75) is 6.92 Å². The van der Waals surface area contributed by atoms with Crippen LogP contribution in [0.5, 0.6) is 0 Å². The monoisotopic (exact) mass is 208 g/mol. The summed E-state index contributed by atoms with van der Waals surface area (Å²) in [5.41, 5.74) is 0. The summed E-state index contributed by atoms with van der Waals surface area (Å²) >= 11 is 0.467. The maximum atomic E-state index is 11.0. The second-order valence-electron chi connectivity index (χ2n) is 2.84. The number of quaternary nitrogens is 1. The number of amides is 1. The zero-order chi connectivity index (χ0) is 7.94. The van der Waals surface area contributed by atoms with Crippen molar-refractivity contribution in [2.24, 2.45) is 0 Å². The van der Waals surface area contributed by atoms with Gasteiger partial charge in [0.1, 0.15) is 0 Å². The van der Waals surface area contributed by atoms with E-state index in [1.807, 2.05) is 21.1 Å². The van der Waals surface area contributed by atoms with Crippen molar-refractivity contribution >= 4 is 25.3 Å². The van der Waals surface area contributed by atoms with E-state index in [4.69, 9.17) is 0 Å². The van der Waals surface area contributed by atoms with Gasteiger partial charge in [0.15, 0.2) is 0 Å². The van der Waals surface area contributed by atoms with Gasteiger partial charge in [0.2, 0.25) is 0 Å². The molecule has 0 N–H and O–H groups in total. The molecule has 1 heterocycles. The number of hydrogen-bond acceptors (Lipinski definition) is 2. The number of carbonyl (C=O) groups is 1. The van der Waals surface area contributed by atoms with Crippen LogP contribution in [-0.2, 0) is 4.79 Å². The first-order chi connectivity index (χ1) is 4.46. The average Bonchev–Trinajstić information content (AvgIpc) is 2.46. The van der Waals surface area contributed by atoms with Crippen molar-refractivity contribution in [2.75, 3.05) is 21.1 Å². The van der Waals surface area contributed by atoms with Gasteiger partial charge in [0.05, 0.1) is 0 Å². The third kappa shape index (κ3) is 1.20. The fourth-order valence-electron chi connectivity index (χ4n) is 0.691. The summed E-state index contributed by atoms with van der Waals surface area (Å²) in [5, 5.41) is 0. The van der Waals surface area contributed by atoms with Crippen LogP contribution in [0.4, 0.5) is 0 Å². The fourth-order valence-corrected chi connectivity index (χ4v) is 2.25. The number of rotatable bonds is 1. The SMILES string of the molecule is CC(=O)[N+](C)(C)C1=[Se]N1C. The van der Waals surface area contributed by atoms with Crippen molar-refractivity contribution in [3.63, 3.8) is 0 Å². The van der Waals surface area contributed by atoms with Gasteiger partial charge in [-0.1, -0.05) is 0 Å². The summed E-state index contributed by atoms with van der Waals surface area (Å²) in [4.78, 5) is 11.0. The molecule has 0 spiro atoms. The predicted molar refractivity (Wildman–Crippen MR) is 41.3 cm³/mol. The molecule has 1 atom stereocenters. The van der Waals surface area contributed by atoms with Gasteiger partial charge in [-0.3, -0.25) is 0 Å². The van der Waals surface area contributed by atoms with Gasteiger partial charge in [-0.05, 0) is 0 Å². The first-order valence-electron chi connectivity index (χ1n) is 3.10. The van der Waals surface area contributed by atoms with Crippen LogP contribution in [0.1, 0.15) is 6.92 Å². The third-order valence-corrected chi connectivity index (χ3v) is 4.17. The first-order valence-corrected chi connectivity index (χ1v) is 4.73. The Labute approximate surface area is 67.1 Å². The van der Waals surface area contributed by atoms with Crippen LogP contribution in [0, 0.1) is 0 Å². The van der Waals surface area contributed by atoms with Gasteiger partial charge >= 0.3 is 66.6 Å². The molecule has 0 aromatic heterocycles. The Kier molecular flexibility index (Phi) is 1.81. The van der Waals surface area contributed by atoms with Crippen LogP contribution < -0.4 is 0 Å². The Bertz CT molecular complexity index is 210. The summed E-state index contributed by atoms with van der Waals surface area (Å²) in [6.07, 6.45) is 0. The molecule has 0 aromatic carbocycles. The molecule has 1 aliphatic rings. The molecule has 1 amide bonds. The number of nitrogens with zero attached hydrogens (tertiary/aromatic N) is 2. The minimum absolute atomic E-state index is 0.209. The molecular weight excluding hydrogens is 195 g/mol. The molecule has 0 saturated heterocycles. The van der Waals surface area contributed by atoms with Gasteiger partial charge < -0.3 is 0 Å². The fraction of sp³-hybridized carbons (Fsp3) is 0.667. The van der Waals surface area contributed by atoms with Gasteiger partial charge in [0, 0.05) is 0 Å². The standard InChI is InChI=1S/C6H12N2OSe/c1-5(9)8(3,4)6-7(2)10-6/h1-4H3/q+1. The normalized spacial score (nSPS) is 24.0. The van der Waals surface area contributed by atoms with E-state index in [0.29, 0.717) is 19.2 Å². The van der Waals surface area contributed by atoms with Crippen LogP contribution in [0.3, 0.4) is 0 Å². The van der Waals surface area contributed by atoms with E-state index in [1.165, 1.54) is 4.67 Å². The molecule has 1 aliphatic heterocycles. The van der Waals surface area contributed by atoms with Crippen molar-refractivity contribution in [1.82, 2.24) is 3.92 Å². The van der Waals surface area contributed by atoms with Gasteiger partial charge in [-0.25, -0.2) is 0 Å². The topological polar surface area (TPSA) is 20.1 Å². The van der Waals surface area contributed by atoms with Gasteiger partial charge in [0.25, 0.3) is 0 Å². The van der Waals surface area contributed by atoms with E-state index in [9.17, 15) is 4.79 Å². The summed E-state index contributed by atoms with van der Waals surface area (Å²) in [5.74, 6) is 0.209. The van der Waals surface area contributed by atoms with Crippen molar-refractivity contribution in [3.05, 3.63) is 0 Å². The molecular formula is C6H12N2OSe+. The van der Waals surface area contributed by atoms with Crippen LogP contribution in [0.25, 0.3) is 0 Å². The van der Waals surface area contributed by atoms with Crippen molar-refractivity contribution in [1.29, 1.82) is 0 Å². The second kappa shape index (κ2) is 2.24. The van der Waals surface area contributed by atoms with Crippen LogP contribution >= 0.6 is 0 Å². The first kappa shape index (κ1) is 8.08. The van der Waals surface area contributed by atoms with Crippen molar-refractivity contribution < 1.29 is 9.28 Å². The Morgan fingerprint density at radius 2 is 2.00 bits per heavy atom. The average molecular weight is 207 g/mol. The molecule has 10 heavy (non-hydrogen) atoms. The Balaban J connectivity index is 2.70. The van der Waals surface area contributed by atoms with Crippen LogP contribution in [0.2, 0.25) is 0 Å². The molecule has 1 unspecified atom stereocenters. The Hall–Kier alpha value is -0.0205. The van der Waals surface area contributed by atoms with Crippen molar-refractivity contribution in [3.8, 4) is 0 Å².